The fourth-order valence-electron chi connectivity index (χ4n) is 1.84. The topological polar surface area (TPSA) is 63.6 Å². The smallest absolute Gasteiger partial charge is 0.318 e. The Labute approximate surface area is 116 Å². The van der Waals surface area contributed by atoms with Gasteiger partial charge in [0, 0.05) is 27.3 Å². The summed E-state index contributed by atoms with van der Waals surface area (Å²) in [6.45, 7) is 2.08. The van der Waals surface area contributed by atoms with E-state index in [0.29, 0.717) is 6.61 Å². The van der Waals surface area contributed by atoms with E-state index in [1.54, 1.807) is 0 Å². The van der Waals surface area contributed by atoms with Crippen LogP contribution in [0.1, 0.15) is 18.1 Å². The molecule has 18 heavy (non-hydrogen) atoms. The molecule has 0 bridgehead atoms. The molecule has 0 fully saturated rings. The van der Waals surface area contributed by atoms with Gasteiger partial charge in [-0.3, -0.25) is 9.00 Å². The first-order valence-corrected chi connectivity index (χ1v) is 7.70. The molecule has 2 unspecified atom stereocenters. The van der Waals surface area contributed by atoms with E-state index in [4.69, 9.17) is 9.84 Å². The van der Waals surface area contributed by atoms with Gasteiger partial charge in [-0.05, 0) is 24.6 Å². The third-order valence-corrected chi connectivity index (χ3v) is 4.91. The van der Waals surface area contributed by atoms with Crippen LogP contribution >= 0.6 is 15.9 Å². The van der Waals surface area contributed by atoms with E-state index >= 15 is 0 Å². The summed E-state index contributed by atoms with van der Waals surface area (Å²) >= 11 is 3.40. The molecular formula is C12H13BrO4S. The van der Waals surface area contributed by atoms with Crippen LogP contribution in [0.3, 0.4) is 0 Å². The second-order valence-corrected chi connectivity index (χ2v) is 6.83. The van der Waals surface area contributed by atoms with Crippen molar-refractivity contribution in [1.29, 1.82) is 0 Å². The number of carboxylic acids is 1. The lowest BCUT2D eigenvalue weighted by atomic mass is 10.1. The maximum Gasteiger partial charge on any atom is 0.318 e. The van der Waals surface area contributed by atoms with Gasteiger partial charge in [-0.2, -0.15) is 0 Å². The highest BCUT2D eigenvalue weighted by molar-refractivity contribution is 9.10. The zero-order valence-corrected chi connectivity index (χ0v) is 12.2. The number of halogens is 1. The molecule has 1 N–H and O–H groups in total. The zero-order chi connectivity index (χ0) is 13.3. The number of hydrogen-bond donors (Lipinski definition) is 1. The van der Waals surface area contributed by atoms with Crippen LogP contribution in [0.15, 0.2) is 16.6 Å². The molecule has 0 spiro atoms. The second-order valence-electron chi connectivity index (χ2n) is 4.16. The summed E-state index contributed by atoms with van der Waals surface area (Å²) < 4.78 is 18.4. The molecule has 2 rings (SSSR count). The van der Waals surface area contributed by atoms with Gasteiger partial charge >= 0.3 is 5.97 Å². The SMILES string of the molecule is CC(C(=O)O)S(=O)Cc1cc(Br)cc2c1OCC2. The van der Waals surface area contributed by atoms with E-state index < -0.39 is 22.0 Å². The predicted octanol–water partition coefficient (Wildman–Crippen LogP) is 2.11. The Bertz CT molecular complexity index is 515. The van der Waals surface area contributed by atoms with Crippen LogP contribution < -0.4 is 4.74 Å². The monoisotopic (exact) mass is 332 g/mol. The van der Waals surface area contributed by atoms with Crippen molar-refractivity contribution >= 4 is 32.7 Å². The summed E-state index contributed by atoms with van der Waals surface area (Å²) in [5.74, 6) is -0.0695. The third-order valence-electron chi connectivity index (χ3n) is 2.87. The van der Waals surface area contributed by atoms with Crippen LogP contribution in [0.5, 0.6) is 5.75 Å². The molecule has 0 radical (unpaired) electrons. The highest BCUT2D eigenvalue weighted by atomic mass is 79.9. The standard InChI is InChI=1S/C12H13BrO4S/c1-7(12(14)15)18(16)6-9-5-10(13)4-8-2-3-17-11(8)9/h4-5,7H,2-3,6H2,1H3,(H,14,15). The Balaban J connectivity index is 2.25. The molecule has 1 aliphatic rings. The molecule has 0 aromatic heterocycles. The molecule has 1 aliphatic heterocycles. The van der Waals surface area contributed by atoms with E-state index in [1.807, 2.05) is 12.1 Å². The van der Waals surface area contributed by atoms with Gasteiger partial charge in [-0.15, -0.1) is 0 Å². The van der Waals surface area contributed by atoms with Crippen molar-refractivity contribution in [3.05, 3.63) is 27.7 Å². The fourth-order valence-corrected chi connectivity index (χ4v) is 3.39. The Hall–Kier alpha value is -0.880. The summed E-state index contributed by atoms with van der Waals surface area (Å²) in [5, 5.41) is 7.97. The molecular weight excluding hydrogens is 320 g/mol. The van der Waals surface area contributed by atoms with Gasteiger partial charge in [0.1, 0.15) is 11.0 Å². The predicted molar refractivity (Wildman–Crippen MR) is 72.3 cm³/mol. The van der Waals surface area contributed by atoms with Crippen molar-refractivity contribution in [2.45, 2.75) is 24.3 Å². The largest absolute Gasteiger partial charge is 0.493 e. The van der Waals surface area contributed by atoms with Crippen molar-refractivity contribution in [1.82, 2.24) is 0 Å². The number of carbonyl (C=O) groups is 1. The van der Waals surface area contributed by atoms with Crippen LogP contribution in [-0.4, -0.2) is 27.1 Å². The molecule has 98 valence electrons. The van der Waals surface area contributed by atoms with Gasteiger partial charge in [-0.25, -0.2) is 0 Å². The number of benzene rings is 1. The lowest BCUT2D eigenvalue weighted by molar-refractivity contribution is -0.136. The Kier molecular flexibility index (Phi) is 4.07. The fraction of sp³-hybridized carbons (Fsp3) is 0.417. The first kappa shape index (κ1) is 13.5. The number of fused-ring (bicyclic) bond motifs is 1. The van der Waals surface area contributed by atoms with Crippen LogP contribution in [0, 0.1) is 0 Å². The first-order valence-electron chi connectivity index (χ1n) is 5.53. The Morgan fingerprint density at radius 1 is 1.61 bits per heavy atom. The first-order chi connectivity index (χ1) is 8.49. The van der Waals surface area contributed by atoms with Crippen LogP contribution in [0.4, 0.5) is 0 Å². The molecule has 1 aromatic rings. The molecule has 0 aliphatic carbocycles. The van der Waals surface area contributed by atoms with E-state index in [0.717, 1.165) is 27.8 Å². The van der Waals surface area contributed by atoms with Crippen molar-refractivity contribution in [3.8, 4) is 5.75 Å². The van der Waals surface area contributed by atoms with Crippen molar-refractivity contribution in [2.24, 2.45) is 0 Å². The van der Waals surface area contributed by atoms with Crippen molar-refractivity contribution < 1.29 is 18.8 Å². The Morgan fingerprint density at radius 3 is 3.00 bits per heavy atom. The van der Waals surface area contributed by atoms with Crippen LogP contribution in [0.25, 0.3) is 0 Å². The molecule has 0 saturated heterocycles. The Morgan fingerprint density at radius 2 is 2.33 bits per heavy atom. The van der Waals surface area contributed by atoms with Gasteiger partial charge in [0.15, 0.2) is 0 Å². The highest BCUT2D eigenvalue weighted by Gasteiger charge is 2.23. The number of aliphatic carboxylic acids is 1. The molecule has 4 nitrogen and oxygen atoms in total. The minimum atomic E-state index is -1.45. The lowest BCUT2D eigenvalue weighted by Gasteiger charge is -2.11. The zero-order valence-electron chi connectivity index (χ0n) is 9.81. The molecule has 1 aromatic carbocycles. The molecule has 6 heteroatoms. The summed E-state index contributed by atoms with van der Waals surface area (Å²) in [6, 6.07) is 3.83. The van der Waals surface area contributed by atoms with Gasteiger partial charge in [0.25, 0.3) is 0 Å². The number of carboxylic acid groups (broad SMARTS) is 1. The highest BCUT2D eigenvalue weighted by Crippen LogP contribution is 2.33. The minimum Gasteiger partial charge on any atom is -0.493 e. The maximum absolute atomic E-state index is 11.9. The summed E-state index contributed by atoms with van der Waals surface area (Å²) in [5.41, 5.74) is 1.89. The molecule has 0 saturated carbocycles. The molecule has 1 heterocycles. The molecule has 2 atom stereocenters. The summed E-state index contributed by atoms with van der Waals surface area (Å²) in [4.78, 5) is 10.8. The minimum absolute atomic E-state index is 0.204. The van der Waals surface area contributed by atoms with Crippen LogP contribution in [0.2, 0.25) is 0 Å². The number of rotatable bonds is 4. The van der Waals surface area contributed by atoms with Crippen molar-refractivity contribution in [2.75, 3.05) is 6.61 Å². The van der Waals surface area contributed by atoms with Gasteiger partial charge in [0.2, 0.25) is 0 Å². The quantitative estimate of drug-likeness (QED) is 0.917. The number of hydrogen-bond acceptors (Lipinski definition) is 3. The maximum atomic E-state index is 11.9. The van der Waals surface area contributed by atoms with Gasteiger partial charge in [0.05, 0.1) is 12.4 Å². The van der Waals surface area contributed by atoms with E-state index in [-0.39, 0.29) is 5.75 Å². The second kappa shape index (κ2) is 5.40. The normalized spacial score (nSPS) is 16.8. The van der Waals surface area contributed by atoms with Gasteiger partial charge in [-0.1, -0.05) is 15.9 Å². The molecule has 0 amide bonds. The summed E-state index contributed by atoms with van der Waals surface area (Å²) in [7, 11) is -1.45. The average Bonchev–Trinajstić information content (AvgIpc) is 2.75. The van der Waals surface area contributed by atoms with E-state index in [9.17, 15) is 9.00 Å². The lowest BCUT2D eigenvalue weighted by Crippen LogP contribution is -2.23. The van der Waals surface area contributed by atoms with Gasteiger partial charge < -0.3 is 9.84 Å². The van der Waals surface area contributed by atoms with Crippen molar-refractivity contribution in [3.63, 3.8) is 0 Å². The average molecular weight is 333 g/mol. The van der Waals surface area contributed by atoms with E-state index in [1.165, 1.54) is 6.92 Å². The number of ether oxygens (including phenoxy) is 1. The van der Waals surface area contributed by atoms with Crippen LogP contribution in [-0.2, 0) is 27.8 Å². The summed E-state index contributed by atoms with van der Waals surface area (Å²) in [6.07, 6.45) is 0.836. The van der Waals surface area contributed by atoms with E-state index in [2.05, 4.69) is 15.9 Å². The third kappa shape index (κ3) is 2.75.